The molecule has 88 valence electrons. The summed E-state index contributed by atoms with van der Waals surface area (Å²) in [6.07, 6.45) is 0.405. The smallest absolute Gasteiger partial charge is 0.288 e. The molecule has 0 unspecified atom stereocenters. The number of hydrogen-bond acceptors (Lipinski definition) is 3. The van der Waals surface area contributed by atoms with Crippen molar-refractivity contribution in [3.05, 3.63) is 47.3 Å². The SMILES string of the molecule is CNC(=O)c1nnc(Cc2cccc(F)c2)[nH]1. The molecule has 0 aliphatic carbocycles. The number of aromatic nitrogens is 3. The second-order valence-electron chi connectivity index (χ2n) is 3.51. The maximum absolute atomic E-state index is 12.9. The van der Waals surface area contributed by atoms with Crippen molar-refractivity contribution < 1.29 is 9.18 Å². The van der Waals surface area contributed by atoms with Crippen LogP contribution in [0.2, 0.25) is 0 Å². The van der Waals surface area contributed by atoms with Crippen molar-refractivity contribution in [3.63, 3.8) is 0 Å². The van der Waals surface area contributed by atoms with Gasteiger partial charge in [0.05, 0.1) is 0 Å². The highest BCUT2D eigenvalue weighted by Gasteiger charge is 2.10. The molecule has 0 fully saturated rings. The average molecular weight is 234 g/mol. The van der Waals surface area contributed by atoms with Gasteiger partial charge in [-0.15, -0.1) is 10.2 Å². The van der Waals surface area contributed by atoms with E-state index in [1.165, 1.54) is 19.2 Å². The summed E-state index contributed by atoms with van der Waals surface area (Å²) in [5, 5.41) is 9.95. The highest BCUT2D eigenvalue weighted by molar-refractivity contribution is 5.89. The van der Waals surface area contributed by atoms with Gasteiger partial charge in [0.15, 0.2) is 0 Å². The lowest BCUT2D eigenvalue weighted by Crippen LogP contribution is -2.19. The minimum absolute atomic E-state index is 0.152. The van der Waals surface area contributed by atoms with Crippen LogP contribution in [0, 0.1) is 5.82 Å². The normalized spacial score (nSPS) is 10.2. The Kier molecular flexibility index (Phi) is 3.13. The van der Waals surface area contributed by atoms with Gasteiger partial charge >= 0.3 is 0 Å². The zero-order valence-corrected chi connectivity index (χ0v) is 9.20. The zero-order valence-electron chi connectivity index (χ0n) is 9.20. The van der Waals surface area contributed by atoms with Gasteiger partial charge in [-0.3, -0.25) is 4.79 Å². The van der Waals surface area contributed by atoms with Crippen LogP contribution >= 0.6 is 0 Å². The van der Waals surface area contributed by atoms with Gasteiger partial charge in [0.25, 0.3) is 5.91 Å². The lowest BCUT2D eigenvalue weighted by Gasteiger charge is -1.97. The molecule has 1 amide bonds. The van der Waals surface area contributed by atoms with E-state index in [0.717, 1.165) is 5.56 Å². The topological polar surface area (TPSA) is 70.7 Å². The summed E-state index contributed by atoms with van der Waals surface area (Å²) in [6, 6.07) is 6.20. The number of carbonyl (C=O) groups is 1. The molecule has 0 bridgehead atoms. The summed E-state index contributed by atoms with van der Waals surface area (Å²) in [5.74, 6) is 0.0460. The molecule has 0 saturated heterocycles. The Morgan fingerprint density at radius 2 is 2.29 bits per heavy atom. The van der Waals surface area contributed by atoms with Crippen molar-refractivity contribution in [3.8, 4) is 0 Å². The van der Waals surface area contributed by atoms with Crippen LogP contribution in [0.3, 0.4) is 0 Å². The molecule has 2 aromatic rings. The molecule has 2 rings (SSSR count). The summed E-state index contributed by atoms with van der Waals surface area (Å²) >= 11 is 0. The van der Waals surface area contributed by atoms with Gasteiger partial charge in [0, 0.05) is 13.5 Å². The van der Waals surface area contributed by atoms with E-state index in [9.17, 15) is 9.18 Å². The standard InChI is InChI=1S/C11H11FN4O/c1-13-11(17)10-14-9(15-16-10)6-7-3-2-4-8(12)5-7/h2-5H,6H2,1H3,(H,13,17)(H,14,15,16). The fraction of sp³-hybridized carbons (Fsp3) is 0.182. The third-order valence-electron chi connectivity index (χ3n) is 2.24. The molecule has 5 nitrogen and oxygen atoms in total. The first-order chi connectivity index (χ1) is 8.19. The van der Waals surface area contributed by atoms with Gasteiger partial charge in [-0.05, 0) is 17.7 Å². The van der Waals surface area contributed by atoms with Crippen molar-refractivity contribution in [1.82, 2.24) is 20.5 Å². The van der Waals surface area contributed by atoms with E-state index >= 15 is 0 Å². The summed E-state index contributed by atoms with van der Waals surface area (Å²) in [4.78, 5) is 14.0. The molecule has 0 spiro atoms. The molecule has 0 aliphatic rings. The molecule has 1 aromatic carbocycles. The first kappa shape index (κ1) is 11.3. The van der Waals surface area contributed by atoms with Crippen molar-refractivity contribution in [2.45, 2.75) is 6.42 Å². The third-order valence-corrected chi connectivity index (χ3v) is 2.24. The molecule has 2 N–H and O–H groups in total. The average Bonchev–Trinajstić information content (AvgIpc) is 2.76. The van der Waals surface area contributed by atoms with Crippen molar-refractivity contribution in [2.75, 3.05) is 7.05 Å². The molecular weight excluding hydrogens is 223 g/mol. The van der Waals surface area contributed by atoms with Crippen LogP contribution in [0.25, 0.3) is 0 Å². The summed E-state index contributed by atoms with van der Waals surface area (Å²) in [7, 11) is 1.51. The molecule has 0 aliphatic heterocycles. The molecule has 0 radical (unpaired) electrons. The van der Waals surface area contributed by atoms with Gasteiger partial charge < -0.3 is 10.3 Å². The molecule has 1 aromatic heterocycles. The number of nitrogens with one attached hydrogen (secondary N) is 2. The van der Waals surface area contributed by atoms with E-state index in [2.05, 4.69) is 20.5 Å². The Hall–Kier alpha value is -2.24. The number of halogens is 1. The van der Waals surface area contributed by atoms with E-state index in [-0.39, 0.29) is 17.5 Å². The van der Waals surface area contributed by atoms with E-state index in [1.54, 1.807) is 12.1 Å². The van der Waals surface area contributed by atoms with E-state index in [4.69, 9.17) is 0 Å². The van der Waals surface area contributed by atoms with Crippen LogP contribution in [0.5, 0.6) is 0 Å². The number of H-pyrrole nitrogens is 1. The van der Waals surface area contributed by atoms with Gasteiger partial charge in [0.1, 0.15) is 11.6 Å². The Balaban J connectivity index is 2.14. The van der Waals surface area contributed by atoms with Gasteiger partial charge in [-0.2, -0.15) is 0 Å². The molecule has 0 saturated carbocycles. The van der Waals surface area contributed by atoms with Crippen LogP contribution in [-0.4, -0.2) is 28.1 Å². The predicted molar refractivity (Wildman–Crippen MR) is 59.0 cm³/mol. The van der Waals surface area contributed by atoms with Crippen molar-refractivity contribution >= 4 is 5.91 Å². The van der Waals surface area contributed by atoms with E-state index in [0.29, 0.717) is 12.2 Å². The minimum Gasteiger partial charge on any atom is -0.352 e. The number of nitrogens with zero attached hydrogens (tertiary/aromatic N) is 2. The predicted octanol–water partition coefficient (Wildman–Crippen LogP) is 0.894. The van der Waals surface area contributed by atoms with Crippen LogP contribution in [-0.2, 0) is 6.42 Å². The zero-order chi connectivity index (χ0) is 12.3. The molecule has 6 heteroatoms. The monoisotopic (exact) mass is 234 g/mol. The number of benzene rings is 1. The highest BCUT2D eigenvalue weighted by Crippen LogP contribution is 2.07. The molecule has 0 atom stereocenters. The largest absolute Gasteiger partial charge is 0.352 e. The quantitative estimate of drug-likeness (QED) is 0.828. The number of rotatable bonds is 3. The Bertz CT molecular complexity index is 538. The molecular formula is C11H11FN4O. The fourth-order valence-corrected chi connectivity index (χ4v) is 1.44. The van der Waals surface area contributed by atoms with E-state index < -0.39 is 0 Å². The Morgan fingerprint density at radius 3 is 3.00 bits per heavy atom. The first-order valence-electron chi connectivity index (χ1n) is 5.07. The second-order valence-corrected chi connectivity index (χ2v) is 3.51. The maximum atomic E-state index is 12.9. The summed E-state index contributed by atoms with van der Waals surface area (Å²) in [5.41, 5.74) is 0.768. The summed E-state index contributed by atoms with van der Waals surface area (Å²) in [6.45, 7) is 0. The van der Waals surface area contributed by atoms with Crippen molar-refractivity contribution in [2.24, 2.45) is 0 Å². The third kappa shape index (κ3) is 2.66. The van der Waals surface area contributed by atoms with Crippen LogP contribution in [0.15, 0.2) is 24.3 Å². The van der Waals surface area contributed by atoms with Crippen LogP contribution < -0.4 is 5.32 Å². The molecule has 1 heterocycles. The van der Waals surface area contributed by atoms with Gasteiger partial charge in [0.2, 0.25) is 5.82 Å². The van der Waals surface area contributed by atoms with Crippen LogP contribution in [0.1, 0.15) is 22.0 Å². The van der Waals surface area contributed by atoms with E-state index in [1.807, 2.05) is 0 Å². The molecule has 17 heavy (non-hydrogen) atoms. The fourth-order valence-electron chi connectivity index (χ4n) is 1.44. The number of aromatic amines is 1. The lowest BCUT2D eigenvalue weighted by molar-refractivity contribution is 0.0953. The first-order valence-corrected chi connectivity index (χ1v) is 5.07. The number of hydrogen-bond donors (Lipinski definition) is 2. The second kappa shape index (κ2) is 4.73. The minimum atomic E-state index is -0.331. The Labute approximate surface area is 97.1 Å². The van der Waals surface area contributed by atoms with Crippen molar-refractivity contribution in [1.29, 1.82) is 0 Å². The Morgan fingerprint density at radius 1 is 1.47 bits per heavy atom. The maximum Gasteiger partial charge on any atom is 0.288 e. The van der Waals surface area contributed by atoms with Gasteiger partial charge in [-0.25, -0.2) is 4.39 Å². The lowest BCUT2D eigenvalue weighted by atomic mass is 10.1. The highest BCUT2D eigenvalue weighted by atomic mass is 19.1. The van der Waals surface area contributed by atoms with Crippen LogP contribution in [0.4, 0.5) is 4.39 Å². The summed E-state index contributed by atoms with van der Waals surface area (Å²) < 4.78 is 12.9. The number of carbonyl (C=O) groups excluding carboxylic acids is 1. The number of amides is 1. The van der Waals surface area contributed by atoms with Gasteiger partial charge in [-0.1, -0.05) is 12.1 Å².